The van der Waals surface area contributed by atoms with Crippen molar-refractivity contribution < 1.29 is 14.3 Å². The molecule has 0 bridgehead atoms. The predicted molar refractivity (Wildman–Crippen MR) is 162 cm³/mol. The van der Waals surface area contributed by atoms with Crippen LogP contribution in [0.1, 0.15) is 86.1 Å². The molecule has 4 aromatic rings. The molecule has 0 N–H and O–H groups in total. The second-order valence-corrected chi connectivity index (χ2v) is 11.7. The minimum atomic E-state index is -0.403. The minimum Gasteiger partial charge on any atom is -0.460 e. The van der Waals surface area contributed by atoms with Crippen LogP contribution in [0.15, 0.2) is 72.8 Å². The number of nitrogens with zero attached hydrogens (tertiary/aromatic N) is 2. The molecule has 0 saturated heterocycles. The van der Waals surface area contributed by atoms with Gasteiger partial charge in [0.2, 0.25) is 0 Å². The third kappa shape index (κ3) is 5.30. The lowest BCUT2D eigenvalue weighted by Crippen LogP contribution is -2.23. The number of anilines is 1. The lowest BCUT2D eigenvalue weighted by molar-refractivity contribution is -0.147. The first-order valence-electron chi connectivity index (χ1n) is 14.5. The molecule has 5 nitrogen and oxygen atoms in total. The topological polar surface area (TPSA) is 51.5 Å². The van der Waals surface area contributed by atoms with Crippen molar-refractivity contribution in [3.05, 3.63) is 101 Å². The summed E-state index contributed by atoms with van der Waals surface area (Å²) < 4.78 is 7.71. The Kier molecular flexibility index (Phi) is 7.84. The Morgan fingerprint density at radius 2 is 1.65 bits per heavy atom. The van der Waals surface area contributed by atoms with Crippen LogP contribution in [-0.4, -0.2) is 29.5 Å². The second-order valence-electron chi connectivity index (χ2n) is 11.7. The van der Waals surface area contributed by atoms with Crippen LogP contribution in [-0.2, 0) is 28.0 Å². The maximum absolute atomic E-state index is 14.1. The minimum absolute atomic E-state index is 0.00898. The molecule has 5 rings (SSSR count). The first kappa shape index (κ1) is 27.7. The summed E-state index contributed by atoms with van der Waals surface area (Å²) in [7, 11) is 0. The number of aromatic nitrogens is 1. The van der Waals surface area contributed by atoms with E-state index in [0.717, 1.165) is 59.3 Å². The molecule has 0 aliphatic heterocycles. The summed E-state index contributed by atoms with van der Waals surface area (Å²) in [5, 5.41) is 0.973. The molecule has 1 atom stereocenters. The molecule has 1 aliphatic rings. The van der Waals surface area contributed by atoms with Crippen molar-refractivity contribution in [2.24, 2.45) is 0 Å². The van der Waals surface area contributed by atoms with Crippen LogP contribution in [0.25, 0.3) is 10.9 Å². The van der Waals surface area contributed by atoms with Gasteiger partial charge in [-0.2, -0.15) is 0 Å². The number of ether oxygens (including phenoxy) is 1. The van der Waals surface area contributed by atoms with Crippen molar-refractivity contribution in [3.63, 3.8) is 0 Å². The molecule has 0 spiro atoms. The van der Waals surface area contributed by atoms with Crippen LogP contribution in [0.3, 0.4) is 0 Å². The summed E-state index contributed by atoms with van der Waals surface area (Å²) in [6.45, 7) is 12.8. The van der Waals surface area contributed by atoms with Gasteiger partial charge in [0.15, 0.2) is 0 Å². The van der Waals surface area contributed by atoms with Gasteiger partial charge in [-0.15, -0.1) is 0 Å². The summed E-state index contributed by atoms with van der Waals surface area (Å²) >= 11 is 0. The van der Waals surface area contributed by atoms with Crippen molar-refractivity contribution in [2.45, 2.75) is 71.8 Å². The van der Waals surface area contributed by atoms with Crippen LogP contribution < -0.4 is 4.90 Å². The fraction of sp³-hybridized carbons (Fsp3) is 0.371. The third-order valence-corrected chi connectivity index (χ3v) is 8.18. The monoisotopic (exact) mass is 536 g/mol. The van der Waals surface area contributed by atoms with Crippen molar-refractivity contribution >= 4 is 28.5 Å². The molecular formula is C35H40N2O3. The number of benzene rings is 3. The maximum Gasteiger partial charge on any atom is 0.313 e. The van der Waals surface area contributed by atoms with E-state index >= 15 is 0 Å². The van der Waals surface area contributed by atoms with Gasteiger partial charge in [0.1, 0.15) is 6.61 Å². The predicted octanol–water partition coefficient (Wildman–Crippen LogP) is 7.64. The van der Waals surface area contributed by atoms with E-state index in [4.69, 9.17) is 4.74 Å². The second kappa shape index (κ2) is 11.3. The summed E-state index contributed by atoms with van der Waals surface area (Å²) in [5.74, 6) is -0.682. The zero-order valence-corrected chi connectivity index (χ0v) is 24.4. The van der Waals surface area contributed by atoms with E-state index in [1.54, 1.807) is 0 Å². The highest BCUT2D eigenvalue weighted by Crippen LogP contribution is 2.42. The van der Waals surface area contributed by atoms with Crippen molar-refractivity contribution in [3.8, 4) is 0 Å². The smallest absolute Gasteiger partial charge is 0.313 e. The molecule has 1 aliphatic carbocycles. The Bertz CT molecular complexity index is 1510. The zero-order valence-electron chi connectivity index (χ0n) is 24.4. The van der Waals surface area contributed by atoms with E-state index in [9.17, 15) is 9.59 Å². The molecule has 0 saturated carbocycles. The molecule has 1 heterocycles. The van der Waals surface area contributed by atoms with E-state index < -0.39 is 5.92 Å². The fourth-order valence-corrected chi connectivity index (χ4v) is 5.93. The fourth-order valence-electron chi connectivity index (χ4n) is 5.93. The van der Waals surface area contributed by atoms with Gasteiger partial charge >= 0.3 is 5.97 Å². The molecule has 3 aromatic carbocycles. The Balaban J connectivity index is 1.60. The quantitative estimate of drug-likeness (QED) is 0.228. The number of rotatable bonds is 7. The normalized spacial score (nSPS) is 15.1. The summed E-state index contributed by atoms with van der Waals surface area (Å²) in [6, 6.07) is 24.0. The van der Waals surface area contributed by atoms with Crippen molar-refractivity contribution in [2.75, 3.05) is 18.0 Å². The number of hydrogen-bond acceptors (Lipinski definition) is 4. The molecule has 208 valence electrons. The summed E-state index contributed by atoms with van der Waals surface area (Å²) in [6.07, 6.45) is 2.29. The largest absolute Gasteiger partial charge is 0.460 e. The molecule has 40 heavy (non-hydrogen) atoms. The van der Waals surface area contributed by atoms with Gasteiger partial charge < -0.3 is 9.64 Å². The highest BCUT2D eigenvalue weighted by atomic mass is 16.5. The average molecular weight is 537 g/mol. The number of fused-ring (bicyclic) bond motifs is 3. The van der Waals surface area contributed by atoms with Gasteiger partial charge in [-0.25, -0.2) is 0 Å². The third-order valence-electron chi connectivity index (χ3n) is 8.18. The van der Waals surface area contributed by atoms with Gasteiger partial charge in [-0.05, 0) is 85.5 Å². The summed E-state index contributed by atoms with van der Waals surface area (Å²) in [4.78, 5) is 30.0. The highest BCUT2D eigenvalue weighted by molar-refractivity contribution is 6.06. The molecule has 5 heteroatoms. The molecular weight excluding hydrogens is 496 g/mol. The van der Waals surface area contributed by atoms with Gasteiger partial charge in [0, 0.05) is 35.4 Å². The number of carbonyl (C=O) groups excluding carboxylic acids is 2. The first-order valence-corrected chi connectivity index (χ1v) is 14.5. The lowest BCUT2D eigenvalue weighted by Gasteiger charge is -2.24. The maximum atomic E-state index is 14.1. The van der Waals surface area contributed by atoms with Crippen LogP contribution in [0.5, 0.6) is 0 Å². The zero-order chi connectivity index (χ0) is 28.4. The first-order chi connectivity index (χ1) is 19.2. The van der Waals surface area contributed by atoms with Gasteiger partial charge in [0.05, 0.1) is 11.4 Å². The molecule has 0 amide bonds. The molecule has 1 unspecified atom stereocenters. The van der Waals surface area contributed by atoms with Crippen LogP contribution >= 0.6 is 0 Å². The van der Waals surface area contributed by atoms with Crippen molar-refractivity contribution in [1.29, 1.82) is 0 Å². The molecule has 1 aromatic heterocycles. The van der Waals surface area contributed by atoms with E-state index in [-0.39, 0.29) is 23.9 Å². The Morgan fingerprint density at radius 3 is 2.30 bits per heavy atom. The number of esters is 1. The number of carbonyl (C=O) groups is 2. The van der Waals surface area contributed by atoms with Gasteiger partial charge in [0.25, 0.3) is 5.91 Å². The van der Waals surface area contributed by atoms with E-state index in [0.29, 0.717) is 12.0 Å². The molecule has 0 fully saturated rings. The molecule has 0 radical (unpaired) electrons. The Morgan fingerprint density at radius 1 is 0.950 bits per heavy atom. The lowest BCUT2D eigenvalue weighted by atomic mass is 9.85. The van der Waals surface area contributed by atoms with Crippen molar-refractivity contribution in [1.82, 2.24) is 4.57 Å². The van der Waals surface area contributed by atoms with E-state index in [1.807, 2.05) is 59.2 Å². The SMILES string of the molecule is CCN(CC)c1ccc2c(c1)c1c(n2C(=O)c2ccc(C(C)(C)C)cc2)CCCC1C(=O)OCc1ccccc1. The number of hydrogen-bond donors (Lipinski definition) is 0. The Hall–Kier alpha value is -3.86. The van der Waals surface area contributed by atoms with Crippen LogP contribution in [0, 0.1) is 0 Å². The summed E-state index contributed by atoms with van der Waals surface area (Å²) in [5.41, 5.74) is 6.65. The van der Waals surface area contributed by atoms with E-state index in [2.05, 4.69) is 57.7 Å². The van der Waals surface area contributed by atoms with Crippen LogP contribution in [0.2, 0.25) is 0 Å². The van der Waals surface area contributed by atoms with Gasteiger partial charge in [-0.3, -0.25) is 14.2 Å². The van der Waals surface area contributed by atoms with Gasteiger partial charge in [-0.1, -0.05) is 63.2 Å². The van der Waals surface area contributed by atoms with E-state index in [1.165, 1.54) is 5.56 Å². The standard InChI is InChI=1S/C35H40N2O3/c1-6-36(7-2)27-20-21-30-29(22-27)32-28(34(39)40-23-24-12-9-8-10-13-24)14-11-15-31(32)37(30)33(38)25-16-18-26(19-17-25)35(3,4)5/h8-10,12-13,16-22,28H,6-7,11,14-15,23H2,1-5H3. The average Bonchev–Trinajstić information content (AvgIpc) is 3.30. The van der Waals surface area contributed by atoms with Crippen LogP contribution in [0.4, 0.5) is 5.69 Å². The Labute approximate surface area is 237 Å². The highest BCUT2D eigenvalue weighted by Gasteiger charge is 2.35.